The first-order chi connectivity index (χ1) is 9.68. The third-order valence-corrected chi connectivity index (χ3v) is 3.99. The lowest BCUT2D eigenvalue weighted by Gasteiger charge is -2.29. The highest BCUT2D eigenvalue weighted by Gasteiger charge is 2.36. The van der Waals surface area contributed by atoms with Gasteiger partial charge in [0, 0.05) is 12.0 Å². The fraction of sp³-hybridized carbons (Fsp3) is 0.500. The number of ether oxygens (including phenoxy) is 1. The number of amides is 1. The Morgan fingerprint density at radius 2 is 1.85 bits per heavy atom. The van der Waals surface area contributed by atoms with E-state index in [4.69, 9.17) is 4.74 Å². The molecule has 0 saturated heterocycles. The van der Waals surface area contributed by atoms with E-state index >= 15 is 0 Å². The normalized spacial score (nSPS) is 16.6. The summed E-state index contributed by atoms with van der Waals surface area (Å²) in [6, 6.07) is 10.2. The van der Waals surface area contributed by atoms with Crippen LogP contribution in [0.3, 0.4) is 0 Å². The van der Waals surface area contributed by atoms with Gasteiger partial charge in [0.2, 0.25) is 0 Å². The van der Waals surface area contributed by atoms with Crippen molar-refractivity contribution >= 4 is 11.9 Å². The molecule has 1 N–H and O–H groups in total. The largest absolute Gasteiger partial charge is 0.459 e. The molecule has 2 rings (SSSR count). The first-order valence-corrected chi connectivity index (χ1v) is 7.18. The second kappa shape index (κ2) is 6.55. The number of carbonyl (C=O) groups excluding carboxylic acids is 2. The molecule has 0 atom stereocenters. The number of nitrogens with one attached hydrogen (secondary N) is 1. The average Bonchev–Trinajstić information content (AvgIpc) is 2.96. The monoisotopic (exact) mass is 275 g/mol. The zero-order valence-corrected chi connectivity index (χ0v) is 11.9. The van der Waals surface area contributed by atoms with Crippen LogP contribution in [0, 0.1) is 0 Å². The summed E-state index contributed by atoms with van der Waals surface area (Å²) in [4.78, 5) is 23.0. The van der Waals surface area contributed by atoms with Crippen LogP contribution in [-0.4, -0.2) is 25.0 Å². The quantitative estimate of drug-likeness (QED) is 0.677. The van der Waals surface area contributed by atoms with Crippen molar-refractivity contribution in [3.8, 4) is 0 Å². The van der Waals surface area contributed by atoms with Crippen molar-refractivity contribution < 1.29 is 14.3 Å². The Kier molecular flexibility index (Phi) is 4.77. The van der Waals surface area contributed by atoms with Gasteiger partial charge in [0.25, 0.3) is 0 Å². The topological polar surface area (TPSA) is 55.4 Å². The molecule has 20 heavy (non-hydrogen) atoms. The number of hydrogen-bond acceptors (Lipinski definition) is 3. The number of hydrogen-bond donors (Lipinski definition) is 1. The third kappa shape index (κ3) is 3.18. The molecular formula is C16H21NO3. The standard InChI is InChI=1S/C16H21NO3/c1-2-20-15(19)14(18)17-12-16(10-6-7-11-16)13-8-4-3-5-9-13/h3-5,8-9H,2,6-7,10-12H2,1H3,(H,17,18). The zero-order chi connectivity index (χ0) is 14.4. The Hall–Kier alpha value is -1.84. The summed E-state index contributed by atoms with van der Waals surface area (Å²) in [6.45, 7) is 2.40. The first kappa shape index (κ1) is 14.6. The molecule has 108 valence electrons. The van der Waals surface area contributed by atoms with Gasteiger partial charge in [-0.05, 0) is 25.3 Å². The van der Waals surface area contributed by atoms with Crippen molar-refractivity contribution in [2.24, 2.45) is 0 Å². The maximum atomic E-state index is 11.7. The Morgan fingerprint density at radius 1 is 1.20 bits per heavy atom. The zero-order valence-electron chi connectivity index (χ0n) is 11.9. The predicted octanol–water partition coefficient (Wildman–Crippen LogP) is 2.18. The van der Waals surface area contributed by atoms with Gasteiger partial charge >= 0.3 is 11.9 Å². The highest BCUT2D eigenvalue weighted by molar-refractivity contribution is 6.32. The summed E-state index contributed by atoms with van der Waals surface area (Å²) in [5, 5.41) is 2.74. The van der Waals surface area contributed by atoms with E-state index in [0.29, 0.717) is 6.54 Å². The molecular weight excluding hydrogens is 254 g/mol. The van der Waals surface area contributed by atoms with Gasteiger partial charge in [-0.15, -0.1) is 0 Å². The summed E-state index contributed by atoms with van der Waals surface area (Å²) in [5.41, 5.74) is 1.20. The van der Waals surface area contributed by atoms with Crippen molar-refractivity contribution in [1.29, 1.82) is 0 Å². The number of rotatable bonds is 4. The van der Waals surface area contributed by atoms with Crippen LogP contribution >= 0.6 is 0 Å². The highest BCUT2D eigenvalue weighted by atomic mass is 16.5. The van der Waals surface area contributed by atoms with Gasteiger partial charge in [-0.2, -0.15) is 0 Å². The molecule has 4 nitrogen and oxygen atoms in total. The summed E-state index contributed by atoms with van der Waals surface area (Å²) < 4.78 is 4.71. The summed E-state index contributed by atoms with van der Waals surface area (Å²) in [5.74, 6) is -1.44. The Labute approximate surface area is 119 Å². The minimum atomic E-state index is -0.797. The van der Waals surface area contributed by atoms with Crippen molar-refractivity contribution in [3.05, 3.63) is 35.9 Å². The van der Waals surface area contributed by atoms with E-state index in [9.17, 15) is 9.59 Å². The molecule has 0 unspecified atom stereocenters. The van der Waals surface area contributed by atoms with Crippen LogP contribution in [-0.2, 0) is 19.7 Å². The minimum Gasteiger partial charge on any atom is -0.459 e. The second-order valence-electron chi connectivity index (χ2n) is 5.26. The molecule has 0 bridgehead atoms. The molecule has 1 aromatic carbocycles. The third-order valence-electron chi connectivity index (χ3n) is 3.99. The molecule has 1 saturated carbocycles. The van der Waals surface area contributed by atoms with Crippen molar-refractivity contribution in [3.63, 3.8) is 0 Å². The summed E-state index contributed by atoms with van der Waals surface area (Å²) in [6.07, 6.45) is 4.40. The summed E-state index contributed by atoms with van der Waals surface area (Å²) >= 11 is 0. The fourth-order valence-corrected chi connectivity index (χ4v) is 2.93. The number of benzene rings is 1. The number of esters is 1. The van der Waals surface area contributed by atoms with Crippen LogP contribution in [0.25, 0.3) is 0 Å². The van der Waals surface area contributed by atoms with E-state index in [1.54, 1.807) is 6.92 Å². The molecule has 1 aliphatic carbocycles. The Morgan fingerprint density at radius 3 is 2.45 bits per heavy atom. The van der Waals surface area contributed by atoms with Crippen LogP contribution < -0.4 is 5.32 Å². The SMILES string of the molecule is CCOC(=O)C(=O)NCC1(c2ccccc2)CCCC1. The Balaban J connectivity index is 2.04. The molecule has 4 heteroatoms. The fourth-order valence-electron chi connectivity index (χ4n) is 2.93. The lowest BCUT2D eigenvalue weighted by molar-refractivity contribution is -0.154. The van der Waals surface area contributed by atoms with Crippen molar-refractivity contribution in [2.45, 2.75) is 38.0 Å². The lowest BCUT2D eigenvalue weighted by atomic mass is 9.79. The first-order valence-electron chi connectivity index (χ1n) is 7.18. The van der Waals surface area contributed by atoms with Gasteiger partial charge in [-0.3, -0.25) is 4.79 Å². The molecule has 0 radical (unpaired) electrons. The van der Waals surface area contributed by atoms with Gasteiger partial charge in [0.05, 0.1) is 6.61 Å². The van der Waals surface area contributed by atoms with E-state index in [1.807, 2.05) is 18.2 Å². The predicted molar refractivity (Wildman–Crippen MR) is 76.2 cm³/mol. The Bertz CT molecular complexity index is 464. The van der Waals surface area contributed by atoms with Crippen LogP contribution in [0.15, 0.2) is 30.3 Å². The van der Waals surface area contributed by atoms with E-state index in [0.717, 1.165) is 25.7 Å². The lowest BCUT2D eigenvalue weighted by Crippen LogP contribution is -2.42. The maximum Gasteiger partial charge on any atom is 0.396 e. The van der Waals surface area contributed by atoms with Crippen LogP contribution in [0.2, 0.25) is 0 Å². The van der Waals surface area contributed by atoms with Crippen LogP contribution in [0.5, 0.6) is 0 Å². The van der Waals surface area contributed by atoms with Gasteiger partial charge < -0.3 is 10.1 Å². The number of carbonyl (C=O) groups is 2. The molecule has 0 aromatic heterocycles. The smallest absolute Gasteiger partial charge is 0.396 e. The van der Waals surface area contributed by atoms with E-state index in [-0.39, 0.29) is 12.0 Å². The second-order valence-corrected chi connectivity index (χ2v) is 5.26. The van der Waals surface area contributed by atoms with Gasteiger partial charge in [-0.1, -0.05) is 43.2 Å². The van der Waals surface area contributed by atoms with Crippen LogP contribution in [0.4, 0.5) is 0 Å². The summed E-state index contributed by atoms with van der Waals surface area (Å²) in [7, 11) is 0. The maximum absolute atomic E-state index is 11.7. The van der Waals surface area contributed by atoms with Crippen molar-refractivity contribution in [2.75, 3.05) is 13.2 Å². The van der Waals surface area contributed by atoms with Crippen molar-refractivity contribution in [1.82, 2.24) is 5.32 Å². The van der Waals surface area contributed by atoms with E-state index in [1.165, 1.54) is 5.56 Å². The molecule has 1 amide bonds. The molecule has 0 spiro atoms. The molecule has 1 fully saturated rings. The highest BCUT2D eigenvalue weighted by Crippen LogP contribution is 2.40. The van der Waals surface area contributed by atoms with Gasteiger partial charge in [-0.25, -0.2) is 4.79 Å². The minimum absolute atomic E-state index is 0.0383. The van der Waals surface area contributed by atoms with E-state index < -0.39 is 11.9 Å². The van der Waals surface area contributed by atoms with E-state index in [2.05, 4.69) is 17.4 Å². The van der Waals surface area contributed by atoms with Gasteiger partial charge in [0.15, 0.2) is 0 Å². The van der Waals surface area contributed by atoms with Crippen LogP contribution in [0.1, 0.15) is 38.2 Å². The average molecular weight is 275 g/mol. The molecule has 1 aromatic rings. The molecule has 0 aliphatic heterocycles. The van der Waals surface area contributed by atoms with Gasteiger partial charge in [0.1, 0.15) is 0 Å². The molecule has 1 aliphatic rings. The molecule has 0 heterocycles.